The van der Waals surface area contributed by atoms with Gasteiger partial charge in [0.25, 0.3) is 0 Å². The summed E-state index contributed by atoms with van der Waals surface area (Å²) in [5, 5.41) is 0. The van der Waals surface area contributed by atoms with Crippen molar-refractivity contribution >= 4 is 42.5 Å². The molecule has 0 spiro atoms. The summed E-state index contributed by atoms with van der Waals surface area (Å²) in [7, 11) is 0. The topological polar surface area (TPSA) is 105 Å². The zero-order valence-electron chi connectivity index (χ0n) is 12.9. The van der Waals surface area contributed by atoms with E-state index < -0.39 is 31.1 Å². The number of nitrogen functional groups attached to an aromatic ring is 2. The van der Waals surface area contributed by atoms with Gasteiger partial charge in [-0.3, -0.25) is 0 Å². The predicted molar refractivity (Wildman–Crippen MR) is 90.0 cm³/mol. The Balaban J connectivity index is 2.03. The van der Waals surface area contributed by atoms with Gasteiger partial charge in [0, 0.05) is 0 Å². The maximum absolute atomic E-state index is 12.1. The van der Waals surface area contributed by atoms with Gasteiger partial charge in [-0.05, 0) is 0 Å². The molecule has 0 unspecified atom stereocenters. The molecule has 0 radical (unpaired) electrons. The van der Waals surface area contributed by atoms with Gasteiger partial charge in [-0.15, -0.1) is 0 Å². The van der Waals surface area contributed by atoms with Crippen molar-refractivity contribution < 1.29 is 15.7 Å². The summed E-state index contributed by atoms with van der Waals surface area (Å²) in [6.07, 6.45) is 0. The van der Waals surface area contributed by atoms with Gasteiger partial charge in [-0.25, -0.2) is 0 Å². The van der Waals surface area contributed by atoms with E-state index in [1.54, 1.807) is 58.4 Å². The van der Waals surface area contributed by atoms with E-state index in [-0.39, 0.29) is 0 Å². The van der Waals surface area contributed by atoms with Crippen LogP contribution in [0.15, 0.2) is 48.5 Å². The second-order valence-corrected chi connectivity index (χ2v) is 14.6. The third kappa shape index (κ3) is 4.88. The fourth-order valence-electron chi connectivity index (χ4n) is 1.82. The van der Waals surface area contributed by atoms with E-state index in [1.807, 2.05) is 0 Å². The van der Waals surface area contributed by atoms with E-state index in [1.165, 1.54) is 0 Å². The molecule has 2 aromatic rings. The van der Waals surface area contributed by atoms with Crippen molar-refractivity contribution in [3.8, 4) is 0 Å². The molecule has 0 aliphatic rings. The Labute approximate surface area is 139 Å². The van der Waals surface area contributed by atoms with Crippen LogP contribution in [0.5, 0.6) is 0 Å². The maximum atomic E-state index is 12.1. The molecule has 0 saturated carbocycles. The summed E-state index contributed by atoms with van der Waals surface area (Å²) in [6, 6.07) is 12.7. The third-order valence-corrected chi connectivity index (χ3v) is 6.83. The molecule has 0 saturated heterocycles. The Morgan fingerprint density at radius 2 is 1.04 bits per heavy atom. The van der Waals surface area contributed by atoms with Crippen molar-refractivity contribution in [2.24, 2.45) is 0 Å². The average molecular weight is 421 g/mol. The zero-order valence-corrected chi connectivity index (χ0v) is 15.8. The molecule has 0 fully saturated rings. The average Bonchev–Trinajstić information content (AvgIpc) is 2.47. The standard InChI is InChI=1S/2C7H7NO2.2CH3.Sn/c2*8-6-3-1-5(2-4-6)7(9)10;;;/h2*1-4H,8H2,(H,9,10);2*1H3;/q;;;;+2/p-2. The summed E-state index contributed by atoms with van der Waals surface area (Å²) in [4.78, 5) is 27.6. The molecule has 0 bridgehead atoms. The van der Waals surface area contributed by atoms with Crippen molar-refractivity contribution in [2.45, 2.75) is 9.88 Å². The number of anilines is 2. The molecule has 120 valence electrons. The first-order valence-electron chi connectivity index (χ1n) is 6.94. The molecule has 0 aliphatic carbocycles. The van der Waals surface area contributed by atoms with Gasteiger partial charge < -0.3 is 0 Å². The quantitative estimate of drug-likeness (QED) is 0.581. The molecule has 23 heavy (non-hydrogen) atoms. The molecule has 6 nitrogen and oxygen atoms in total. The first-order chi connectivity index (χ1) is 10.8. The number of carbonyl (C=O) groups excluding carboxylic acids is 2. The molecular formula is C16H18N2O4Sn. The van der Waals surface area contributed by atoms with Gasteiger partial charge in [-0.1, -0.05) is 0 Å². The van der Waals surface area contributed by atoms with Crippen LogP contribution in [-0.4, -0.2) is 31.1 Å². The van der Waals surface area contributed by atoms with Gasteiger partial charge in [0.1, 0.15) is 0 Å². The first kappa shape index (κ1) is 17.1. The summed E-state index contributed by atoms with van der Waals surface area (Å²) >= 11 is -3.78. The Hall–Kier alpha value is -2.22. The first-order valence-corrected chi connectivity index (χ1v) is 15.0. The van der Waals surface area contributed by atoms with Crippen LogP contribution in [0.4, 0.5) is 11.4 Å². The second kappa shape index (κ2) is 6.91. The summed E-state index contributed by atoms with van der Waals surface area (Å²) in [6.45, 7) is 0. The molecule has 7 heteroatoms. The van der Waals surface area contributed by atoms with Gasteiger partial charge in [0.15, 0.2) is 0 Å². The van der Waals surface area contributed by atoms with E-state index >= 15 is 0 Å². The van der Waals surface area contributed by atoms with Gasteiger partial charge >= 0.3 is 139 Å². The summed E-state index contributed by atoms with van der Waals surface area (Å²) < 4.78 is 10.9. The minimum atomic E-state index is -3.78. The molecule has 0 heterocycles. The zero-order chi connectivity index (χ0) is 17.0. The molecule has 0 amide bonds. The van der Waals surface area contributed by atoms with Gasteiger partial charge in [-0.2, -0.15) is 0 Å². The summed E-state index contributed by atoms with van der Waals surface area (Å²) in [5.74, 6) is -1.04. The van der Waals surface area contributed by atoms with Crippen LogP contribution in [0.2, 0.25) is 9.88 Å². The Bertz CT molecular complexity index is 650. The number of nitrogens with two attached hydrogens (primary N) is 2. The molecule has 2 aromatic carbocycles. The van der Waals surface area contributed by atoms with Crippen LogP contribution in [0.1, 0.15) is 20.7 Å². The van der Waals surface area contributed by atoms with E-state index in [0.717, 1.165) is 0 Å². The number of benzene rings is 2. The van der Waals surface area contributed by atoms with Crippen LogP contribution in [0.3, 0.4) is 0 Å². The van der Waals surface area contributed by atoms with E-state index in [0.29, 0.717) is 22.5 Å². The number of hydrogen-bond donors (Lipinski definition) is 2. The van der Waals surface area contributed by atoms with Crippen LogP contribution in [-0.2, 0) is 6.15 Å². The molecular weight excluding hydrogens is 403 g/mol. The van der Waals surface area contributed by atoms with Crippen LogP contribution in [0.25, 0.3) is 0 Å². The van der Waals surface area contributed by atoms with E-state index in [9.17, 15) is 9.59 Å². The van der Waals surface area contributed by atoms with Crippen LogP contribution >= 0.6 is 0 Å². The summed E-state index contributed by atoms with van der Waals surface area (Å²) in [5.41, 5.74) is 13.0. The predicted octanol–water partition coefficient (Wildman–Crippen LogP) is 2.57. The molecule has 4 N–H and O–H groups in total. The Morgan fingerprint density at radius 1 is 0.739 bits per heavy atom. The second-order valence-electron chi connectivity index (χ2n) is 5.42. The van der Waals surface area contributed by atoms with Crippen LogP contribution < -0.4 is 11.5 Å². The Morgan fingerprint density at radius 3 is 1.35 bits per heavy atom. The van der Waals surface area contributed by atoms with E-state index in [4.69, 9.17) is 17.6 Å². The number of hydrogen-bond acceptors (Lipinski definition) is 6. The monoisotopic (exact) mass is 422 g/mol. The SMILES string of the molecule is [CH3][Sn]([CH3])([O]C(=O)c1ccc(N)cc1)[O]C(=O)c1ccc(N)cc1. The van der Waals surface area contributed by atoms with Crippen molar-refractivity contribution in [3.05, 3.63) is 59.7 Å². The van der Waals surface area contributed by atoms with Crippen molar-refractivity contribution in [2.75, 3.05) is 11.5 Å². The van der Waals surface area contributed by atoms with Gasteiger partial charge in [0.2, 0.25) is 0 Å². The van der Waals surface area contributed by atoms with Crippen molar-refractivity contribution in [1.29, 1.82) is 0 Å². The van der Waals surface area contributed by atoms with Gasteiger partial charge in [0.05, 0.1) is 0 Å². The molecule has 2 rings (SSSR count). The Kier molecular flexibility index (Phi) is 5.15. The fourth-order valence-corrected chi connectivity index (χ4v) is 5.16. The number of rotatable bonds is 4. The van der Waals surface area contributed by atoms with Crippen LogP contribution in [0, 0.1) is 0 Å². The molecule has 0 aromatic heterocycles. The molecule has 0 aliphatic heterocycles. The molecule has 0 atom stereocenters. The number of carbonyl (C=O) groups is 2. The third-order valence-electron chi connectivity index (χ3n) is 2.97. The van der Waals surface area contributed by atoms with E-state index in [2.05, 4.69) is 0 Å². The minimum absolute atomic E-state index is 0.368. The fraction of sp³-hybridized carbons (Fsp3) is 0.125. The van der Waals surface area contributed by atoms with Crippen molar-refractivity contribution in [1.82, 2.24) is 0 Å². The van der Waals surface area contributed by atoms with Crippen molar-refractivity contribution in [3.63, 3.8) is 0 Å². The normalized spacial score (nSPS) is 10.9.